The van der Waals surface area contributed by atoms with Crippen molar-refractivity contribution < 1.29 is 9.63 Å². The highest BCUT2D eigenvalue weighted by Crippen LogP contribution is 2.15. The van der Waals surface area contributed by atoms with E-state index in [1.54, 1.807) is 0 Å². The minimum atomic E-state index is -0.383. The average molecular weight is 214 g/mol. The number of aliphatic hydroxyl groups is 1. The molecule has 6 nitrogen and oxygen atoms in total. The summed E-state index contributed by atoms with van der Waals surface area (Å²) < 4.78 is 5.02. The summed E-state index contributed by atoms with van der Waals surface area (Å²) in [4.78, 5) is 6.15. The lowest BCUT2D eigenvalue weighted by molar-refractivity contribution is 0.259. The van der Waals surface area contributed by atoms with Crippen LogP contribution < -0.4 is 10.6 Å². The van der Waals surface area contributed by atoms with Crippen LogP contribution in [0.15, 0.2) is 4.52 Å². The highest BCUT2D eigenvalue weighted by molar-refractivity contribution is 5.26. The first-order chi connectivity index (χ1) is 7.22. The number of hydrogen-bond donors (Lipinski definition) is 2. The molecule has 0 spiro atoms. The molecule has 0 aliphatic carbocycles. The molecule has 1 heterocycles. The molecule has 86 valence electrons. The van der Waals surface area contributed by atoms with Gasteiger partial charge < -0.3 is 20.3 Å². The molecule has 0 aliphatic rings. The maximum atomic E-state index is 8.73. The molecule has 0 aromatic carbocycles. The van der Waals surface area contributed by atoms with Crippen LogP contribution in [0.4, 0.5) is 5.95 Å². The Morgan fingerprint density at radius 1 is 1.47 bits per heavy atom. The number of aliphatic hydroxyl groups excluding tert-OH is 1. The van der Waals surface area contributed by atoms with Crippen molar-refractivity contribution in [2.75, 3.05) is 24.6 Å². The van der Waals surface area contributed by atoms with E-state index in [2.05, 4.69) is 10.1 Å². The van der Waals surface area contributed by atoms with E-state index in [4.69, 9.17) is 15.4 Å². The zero-order chi connectivity index (χ0) is 11.3. The van der Waals surface area contributed by atoms with Crippen LogP contribution in [0.25, 0.3) is 0 Å². The van der Waals surface area contributed by atoms with Gasteiger partial charge in [0.2, 0.25) is 5.89 Å². The van der Waals surface area contributed by atoms with Gasteiger partial charge in [-0.3, -0.25) is 0 Å². The Bertz CT molecular complexity index is 285. The van der Waals surface area contributed by atoms with E-state index < -0.39 is 0 Å². The molecule has 3 N–H and O–H groups in total. The Labute approximate surface area is 89.1 Å². The van der Waals surface area contributed by atoms with Gasteiger partial charge in [-0.1, -0.05) is 0 Å². The summed E-state index contributed by atoms with van der Waals surface area (Å²) in [6, 6.07) is -0.383. The number of anilines is 1. The van der Waals surface area contributed by atoms with Crippen molar-refractivity contribution in [2.24, 2.45) is 5.73 Å². The molecule has 0 saturated carbocycles. The summed E-state index contributed by atoms with van der Waals surface area (Å²) in [7, 11) is 0. The van der Waals surface area contributed by atoms with Gasteiger partial charge in [0.15, 0.2) is 0 Å². The molecule has 1 unspecified atom stereocenters. The van der Waals surface area contributed by atoms with Crippen LogP contribution >= 0.6 is 0 Å². The molecular weight excluding hydrogens is 196 g/mol. The number of nitrogens with zero attached hydrogens (tertiary/aromatic N) is 3. The van der Waals surface area contributed by atoms with Crippen LogP contribution in [-0.2, 0) is 0 Å². The molecule has 15 heavy (non-hydrogen) atoms. The third-order valence-corrected chi connectivity index (χ3v) is 2.23. The van der Waals surface area contributed by atoms with Crippen molar-refractivity contribution in [3.8, 4) is 0 Å². The Kier molecular flexibility index (Phi) is 4.51. The number of rotatable bonds is 6. The maximum absolute atomic E-state index is 8.73. The van der Waals surface area contributed by atoms with E-state index in [1.165, 1.54) is 0 Å². The quantitative estimate of drug-likeness (QED) is 0.708. The lowest BCUT2D eigenvalue weighted by Gasteiger charge is -2.14. The van der Waals surface area contributed by atoms with Gasteiger partial charge in [0, 0.05) is 19.7 Å². The Morgan fingerprint density at radius 3 is 2.67 bits per heavy atom. The molecule has 0 bridgehead atoms. The van der Waals surface area contributed by atoms with Gasteiger partial charge in [-0.05, 0) is 25.4 Å². The molecule has 0 radical (unpaired) electrons. The molecule has 1 atom stereocenters. The second-order valence-electron chi connectivity index (χ2n) is 3.22. The van der Waals surface area contributed by atoms with Gasteiger partial charge in [0.25, 0.3) is 5.95 Å². The van der Waals surface area contributed by atoms with Crippen LogP contribution in [-0.4, -0.2) is 34.9 Å². The minimum Gasteiger partial charge on any atom is -0.396 e. The second kappa shape index (κ2) is 5.67. The van der Waals surface area contributed by atoms with Crippen LogP contribution in [0.2, 0.25) is 0 Å². The second-order valence-corrected chi connectivity index (χ2v) is 3.22. The highest BCUT2D eigenvalue weighted by atomic mass is 16.5. The Hall–Kier alpha value is -1.14. The number of nitrogens with two attached hydrogens (primary N) is 1. The molecule has 1 aromatic rings. The van der Waals surface area contributed by atoms with Crippen LogP contribution in [0.5, 0.6) is 0 Å². The lowest BCUT2D eigenvalue weighted by atomic mass is 10.2. The zero-order valence-corrected chi connectivity index (χ0v) is 9.18. The van der Waals surface area contributed by atoms with Gasteiger partial charge >= 0.3 is 0 Å². The van der Waals surface area contributed by atoms with Gasteiger partial charge in [-0.25, -0.2) is 0 Å². The first-order valence-corrected chi connectivity index (χ1v) is 5.17. The summed E-state index contributed by atoms with van der Waals surface area (Å²) in [5.74, 6) is 0.939. The van der Waals surface area contributed by atoms with Crippen LogP contribution in [0.1, 0.15) is 32.2 Å². The van der Waals surface area contributed by atoms with E-state index in [0.29, 0.717) is 18.3 Å². The standard InChI is InChI=1S/C9H18N4O2/c1-3-13(4-2)9-11-8(15-12-9)7(10)5-6-14/h7,14H,3-6,10H2,1-2H3. The number of hydrogen-bond acceptors (Lipinski definition) is 6. The fraction of sp³-hybridized carbons (Fsp3) is 0.778. The van der Waals surface area contributed by atoms with E-state index in [-0.39, 0.29) is 12.6 Å². The monoisotopic (exact) mass is 214 g/mol. The predicted octanol–water partition coefficient (Wildman–Crippen LogP) is 0.298. The summed E-state index contributed by atoms with van der Waals surface area (Å²) in [6.07, 6.45) is 0.430. The van der Waals surface area contributed by atoms with E-state index in [0.717, 1.165) is 13.1 Å². The third kappa shape index (κ3) is 2.90. The minimum absolute atomic E-state index is 0.0180. The van der Waals surface area contributed by atoms with Gasteiger partial charge in [0.05, 0.1) is 6.04 Å². The van der Waals surface area contributed by atoms with Crippen molar-refractivity contribution >= 4 is 5.95 Å². The maximum Gasteiger partial charge on any atom is 0.266 e. The summed E-state index contributed by atoms with van der Waals surface area (Å²) >= 11 is 0. The van der Waals surface area contributed by atoms with Crippen molar-refractivity contribution in [1.82, 2.24) is 10.1 Å². The third-order valence-electron chi connectivity index (χ3n) is 2.23. The highest BCUT2D eigenvalue weighted by Gasteiger charge is 2.16. The molecule has 0 saturated heterocycles. The topological polar surface area (TPSA) is 88.4 Å². The molecule has 1 aromatic heterocycles. The summed E-state index contributed by atoms with van der Waals surface area (Å²) in [6.45, 7) is 5.71. The lowest BCUT2D eigenvalue weighted by Crippen LogP contribution is -2.23. The fourth-order valence-electron chi connectivity index (χ4n) is 1.28. The largest absolute Gasteiger partial charge is 0.396 e. The first-order valence-electron chi connectivity index (χ1n) is 5.17. The summed E-state index contributed by atoms with van der Waals surface area (Å²) in [5.41, 5.74) is 5.73. The first kappa shape index (κ1) is 11.9. The normalized spacial score (nSPS) is 12.8. The molecular formula is C9H18N4O2. The smallest absolute Gasteiger partial charge is 0.266 e. The van der Waals surface area contributed by atoms with Gasteiger partial charge in [0.1, 0.15) is 0 Å². The van der Waals surface area contributed by atoms with E-state index in [1.807, 2.05) is 18.7 Å². The average Bonchev–Trinajstić information content (AvgIpc) is 2.69. The van der Waals surface area contributed by atoms with Crippen LogP contribution in [0.3, 0.4) is 0 Å². The molecule has 6 heteroatoms. The zero-order valence-electron chi connectivity index (χ0n) is 9.18. The Morgan fingerprint density at radius 2 is 2.13 bits per heavy atom. The van der Waals surface area contributed by atoms with Crippen LogP contribution in [0, 0.1) is 0 Å². The fourth-order valence-corrected chi connectivity index (χ4v) is 1.28. The van der Waals surface area contributed by atoms with E-state index in [9.17, 15) is 0 Å². The van der Waals surface area contributed by atoms with Gasteiger partial charge in [-0.15, -0.1) is 0 Å². The number of aromatic nitrogens is 2. The molecule has 0 amide bonds. The van der Waals surface area contributed by atoms with Crippen molar-refractivity contribution in [3.05, 3.63) is 5.89 Å². The molecule has 1 rings (SSSR count). The SMILES string of the molecule is CCN(CC)c1noc(C(N)CCO)n1. The molecule has 0 fully saturated rings. The van der Waals surface area contributed by atoms with Crippen molar-refractivity contribution in [3.63, 3.8) is 0 Å². The Balaban J connectivity index is 2.70. The molecule has 0 aliphatic heterocycles. The van der Waals surface area contributed by atoms with Crippen molar-refractivity contribution in [2.45, 2.75) is 26.3 Å². The van der Waals surface area contributed by atoms with E-state index >= 15 is 0 Å². The predicted molar refractivity (Wildman–Crippen MR) is 56.5 cm³/mol. The van der Waals surface area contributed by atoms with Crippen molar-refractivity contribution in [1.29, 1.82) is 0 Å². The summed E-state index contributed by atoms with van der Waals surface area (Å²) in [5, 5.41) is 12.6. The van der Waals surface area contributed by atoms with Gasteiger partial charge in [-0.2, -0.15) is 4.98 Å².